The summed E-state index contributed by atoms with van der Waals surface area (Å²) >= 11 is 0. The second-order valence-electron chi connectivity index (χ2n) is 5.03. The molecule has 3 rings (SSSR count). The second kappa shape index (κ2) is 5.68. The van der Waals surface area contributed by atoms with E-state index >= 15 is 0 Å². The van der Waals surface area contributed by atoms with E-state index < -0.39 is 18.8 Å². The van der Waals surface area contributed by atoms with Gasteiger partial charge in [-0.2, -0.15) is 0 Å². The van der Waals surface area contributed by atoms with Gasteiger partial charge in [0.1, 0.15) is 11.9 Å². The molecule has 0 fully saturated rings. The first-order chi connectivity index (χ1) is 10.2. The Hall–Kier alpha value is -2.17. The van der Waals surface area contributed by atoms with Gasteiger partial charge in [-0.3, -0.25) is 0 Å². The van der Waals surface area contributed by atoms with E-state index in [1.54, 1.807) is 12.1 Å². The molecule has 0 radical (unpaired) electrons. The quantitative estimate of drug-likeness (QED) is 0.774. The van der Waals surface area contributed by atoms with Crippen LogP contribution in [0.1, 0.15) is 11.6 Å². The molecule has 1 heterocycles. The third-order valence-corrected chi connectivity index (χ3v) is 3.67. The zero-order valence-electron chi connectivity index (χ0n) is 11.4. The van der Waals surface area contributed by atoms with Crippen LogP contribution in [0.4, 0.5) is 4.39 Å². The monoisotopic (exact) mass is 285 g/mol. The number of hydrogen-bond donors (Lipinski definition) is 2. The van der Waals surface area contributed by atoms with Crippen LogP contribution in [0.5, 0.6) is 0 Å². The first kappa shape index (κ1) is 13.8. The molecule has 0 aliphatic heterocycles. The molecule has 2 unspecified atom stereocenters. The molecule has 4 heteroatoms. The maximum Gasteiger partial charge on any atom is 0.123 e. The molecular weight excluding hydrogens is 269 g/mol. The molecule has 0 spiro atoms. The Morgan fingerprint density at radius 2 is 1.86 bits per heavy atom. The van der Waals surface area contributed by atoms with Crippen molar-refractivity contribution in [3.05, 3.63) is 72.2 Å². The van der Waals surface area contributed by atoms with E-state index in [1.807, 2.05) is 41.1 Å². The van der Waals surface area contributed by atoms with Crippen LogP contribution in [0.15, 0.2) is 60.8 Å². The molecule has 0 saturated carbocycles. The Morgan fingerprint density at radius 3 is 2.62 bits per heavy atom. The summed E-state index contributed by atoms with van der Waals surface area (Å²) in [6, 6.07) is 15.3. The molecule has 1 aromatic heterocycles. The smallest absolute Gasteiger partial charge is 0.123 e. The van der Waals surface area contributed by atoms with Crippen molar-refractivity contribution in [1.29, 1.82) is 0 Å². The van der Waals surface area contributed by atoms with Crippen molar-refractivity contribution in [3.63, 3.8) is 0 Å². The highest BCUT2D eigenvalue weighted by atomic mass is 19.1. The zero-order chi connectivity index (χ0) is 14.8. The molecule has 0 saturated heterocycles. The standard InChI is InChI=1S/C17H16FNO2/c18-14-6-3-5-13(10-14)17(16(21)11-20)19-9-8-12-4-1-2-7-15(12)19/h1-10,16-17,20-21H,11H2. The lowest BCUT2D eigenvalue weighted by atomic mass is 10.0. The summed E-state index contributed by atoms with van der Waals surface area (Å²) in [6.45, 7) is -0.395. The first-order valence-corrected chi connectivity index (χ1v) is 6.80. The number of aromatic nitrogens is 1. The number of aliphatic hydroxyl groups excluding tert-OH is 2. The number of para-hydroxylation sites is 1. The average molecular weight is 285 g/mol. The molecule has 108 valence electrons. The van der Waals surface area contributed by atoms with Crippen molar-refractivity contribution in [2.75, 3.05) is 6.61 Å². The molecule has 2 aromatic carbocycles. The number of nitrogens with zero attached hydrogens (tertiary/aromatic N) is 1. The third kappa shape index (κ3) is 2.55. The Labute approximate surface area is 121 Å². The summed E-state index contributed by atoms with van der Waals surface area (Å²) in [7, 11) is 0. The van der Waals surface area contributed by atoms with E-state index in [0.29, 0.717) is 5.56 Å². The molecule has 0 aliphatic carbocycles. The van der Waals surface area contributed by atoms with Crippen molar-refractivity contribution in [2.45, 2.75) is 12.1 Å². The first-order valence-electron chi connectivity index (χ1n) is 6.80. The summed E-state index contributed by atoms with van der Waals surface area (Å²) in [5.74, 6) is -0.362. The number of fused-ring (bicyclic) bond motifs is 1. The van der Waals surface area contributed by atoms with Gasteiger partial charge in [-0.15, -0.1) is 0 Å². The summed E-state index contributed by atoms with van der Waals surface area (Å²) < 4.78 is 15.4. The highest BCUT2D eigenvalue weighted by Gasteiger charge is 2.23. The van der Waals surface area contributed by atoms with Crippen LogP contribution >= 0.6 is 0 Å². The summed E-state index contributed by atoms with van der Waals surface area (Å²) in [4.78, 5) is 0. The van der Waals surface area contributed by atoms with Gasteiger partial charge in [0.05, 0.1) is 12.6 Å². The lowest BCUT2D eigenvalue weighted by Crippen LogP contribution is -2.28. The maximum absolute atomic E-state index is 13.5. The summed E-state index contributed by atoms with van der Waals surface area (Å²) in [6.07, 6.45) is 0.835. The SMILES string of the molecule is OCC(O)C(c1cccc(F)c1)n1ccc2ccccc21. The van der Waals surface area contributed by atoms with Crippen molar-refractivity contribution in [3.8, 4) is 0 Å². The summed E-state index contributed by atoms with van der Waals surface area (Å²) in [5.41, 5.74) is 1.55. The van der Waals surface area contributed by atoms with Crippen LogP contribution in [-0.4, -0.2) is 27.5 Å². The highest BCUT2D eigenvalue weighted by molar-refractivity contribution is 5.80. The van der Waals surface area contributed by atoms with E-state index in [1.165, 1.54) is 12.1 Å². The van der Waals surface area contributed by atoms with Gasteiger partial charge in [-0.1, -0.05) is 30.3 Å². The maximum atomic E-state index is 13.5. The fourth-order valence-electron chi connectivity index (χ4n) is 2.71. The van der Waals surface area contributed by atoms with E-state index in [2.05, 4.69) is 0 Å². The van der Waals surface area contributed by atoms with Crippen molar-refractivity contribution < 1.29 is 14.6 Å². The Balaban J connectivity index is 2.16. The zero-order valence-corrected chi connectivity index (χ0v) is 11.4. The Morgan fingerprint density at radius 1 is 1.05 bits per heavy atom. The number of benzene rings is 2. The largest absolute Gasteiger partial charge is 0.394 e. The second-order valence-corrected chi connectivity index (χ2v) is 5.03. The third-order valence-electron chi connectivity index (χ3n) is 3.67. The minimum atomic E-state index is -1.01. The van der Waals surface area contributed by atoms with Gasteiger partial charge in [0.25, 0.3) is 0 Å². The van der Waals surface area contributed by atoms with E-state index in [9.17, 15) is 14.6 Å². The summed E-state index contributed by atoms with van der Waals surface area (Å²) in [5, 5.41) is 20.6. The lowest BCUT2D eigenvalue weighted by Gasteiger charge is -2.25. The fourth-order valence-corrected chi connectivity index (χ4v) is 2.71. The predicted octanol–water partition coefficient (Wildman–Crippen LogP) is 2.72. The van der Waals surface area contributed by atoms with E-state index in [4.69, 9.17) is 0 Å². The minimum Gasteiger partial charge on any atom is -0.394 e. The van der Waals surface area contributed by atoms with Gasteiger partial charge in [0.2, 0.25) is 0 Å². The predicted molar refractivity (Wildman–Crippen MR) is 79.6 cm³/mol. The van der Waals surface area contributed by atoms with Gasteiger partial charge >= 0.3 is 0 Å². The van der Waals surface area contributed by atoms with Crippen molar-refractivity contribution in [1.82, 2.24) is 4.57 Å². The molecule has 3 aromatic rings. The molecule has 2 N–H and O–H groups in total. The van der Waals surface area contributed by atoms with Gasteiger partial charge < -0.3 is 14.8 Å². The molecule has 0 amide bonds. The Kier molecular flexibility index (Phi) is 3.73. The normalized spacial score (nSPS) is 14.2. The van der Waals surface area contributed by atoms with Gasteiger partial charge in [-0.05, 0) is 35.2 Å². The van der Waals surface area contributed by atoms with Crippen molar-refractivity contribution in [2.24, 2.45) is 0 Å². The van der Waals surface area contributed by atoms with Gasteiger partial charge in [-0.25, -0.2) is 4.39 Å². The molecule has 0 aliphatic rings. The fraction of sp³-hybridized carbons (Fsp3) is 0.176. The molecule has 21 heavy (non-hydrogen) atoms. The van der Waals surface area contributed by atoms with Crippen LogP contribution in [0.2, 0.25) is 0 Å². The lowest BCUT2D eigenvalue weighted by molar-refractivity contribution is 0.0653. The number of rotatable bonds is 4. The Bertz CT molecular complexity index is 753. The van der Waals surface area contributed by atoms with Crippen molar-refractivity contribution >= 4 is 10.9 Å². The number of aliphatic hydroxyl groups is 2. The van der Waals surface area contributed by atoms with Crippen LogP contribution in [0.25, 0.3) is 10.9 Å². The number of hydrogen-bond acceptors (Lipinski definition) is 2. The topological polar surface area (TPSA) is 45.4 Å². The highest BCUT2D eigenvalue weighted by Crippen LogP contribution is 2.28. The van der Waals surface area contributed by atoms with E-state index in [-0.39, 0.29) is 5.82 Å². The van der Waals surface area contributed by atoms with Gasteiger partial charge in [0.15, 0.2) is 0 Å². The number of halogens is 1. The van der Waals surface area contributed by atoms with Gasteiger partial charge in [0, 0.05) is 11.7 Å². The minimum absolute atomic E-state index is 0.362. The van der Waals surface area contributed by atoms with Crippen LogP contribution in [0.3, 0.4) is 0 Å². The van der Waals surface area contributed by atoms with E-state index in [0.717, 1.165) is 10.9 Å². The van der Waals surface area contributed by atoms with Crippen LogP contribution < -0.4 is 0 Å². The molecule has 2 atom stereocenters. The average Bonchev–Trinajstić information content (AvgIpc) is 2.91. The van der Waals surface area contributed by atoms with Crippen LogP contribution in [-0.2, 0) is 0 Å². The molecule has 0 bridgehead atoms. The van der Waals surface area contributed by atoms with Crippen LogP contribution in [0, 0.1) is 5.82 Å². The molecule has 3 nitrogen and oxygen atoms in total. The molecular formula is C17H16FNO2.